The molecule has 0 saturated carbocycles. The van der Waals surface area contributed by atoms with Crippen LogP contribution in [0.2, 0.25) is 0 Å². The van der Waals surface area contributed by atoms with E-state index in [1.807, 2.05) is 27.7 Å². The Morgan fingerprint density at radius 2 is 1.22 bits per heavy atom. The fourth-order valence-corrected chi connectivity index (χ4v) is 4.85. The van der Waals surface area contributed by atoms with Gasteiger partial charge in [0.05, 0.1) is 12.1 Å². The number of amides is 5. The molecule has 0 aromatic heterocycles. The van der Waals surface area contributed by atoms with E-state index < -0.39 is 83.8 Å². The molecule has 5 amide bonds. The van der Waals surface area contributed by atoms with Crippen molar-refractivity contribution < 1.29 is 43.8 Å². The van der Waals surface area contributed by atoms with E-state index in [9.17, 15) is 33.6 Å². The van der Waals surface area contributed by atoms with E-state index in [1.165, 1.54) is 6.92 Å². The molecule has 0 aromatic rings. The van der Waals surface area contributed by atoms with Crippen molar-refractivity contribution in [1.82, 2.24) is 31.9 Å². The summed E-state index contributed by atoms with van der Waals surface area (Å²) < 4.78 is 0. The SMILES string of the molecule is CCC[C@H](NC(=O)[C@@H](NC(=O)[C@@H](N)CCC(=O)O)C(C)CC)C(=O)N[C@H](CN[C@@H](C)C(=O)N[C@H](C(=O)N[C@@H](C)C(=O)O)C(C)C)CC(C)C. The van der Waals surface area contributed by atoms with Gasteiger partial charge in [-0.15, -0.1) is 0 Å². The minimum Gasteiger partial charge on any atom is -0.481 e. The lowest BCUT2D eigenvalue weighted by Crippen LogP contribution is -2.59. The van der Waals surface area contributed by atoms with E-state index >= 15 is 0 Å². The maximum Gasteiger partial charge on any atom is 0.325 e. The monoisotopic (exact) mass is 699 g/mol. The van der Waals surface area contributed by atoms with Crippen LogP contribution in [0.25, 0.3) is 0 Å². The Kier molecular flexibility index (Phi) is 21.0. The van der Waals surface area contributed by atoms with Crippen LogP contribution in [0.3, 0.4) is 0 Å². The smallest absolute Gasteiger partial charge is 0.325 e. The molecule has 0 aromatic carbocycles. The third-order valence-electron chi connectivity index (χ3n) is 8.15. The lowest BCUT2D eigenvalue weighted by Gasteiger charge is -2.29. The van der Waals surface area contributed by atoms with Crippen LogP contribution in [0.1, 0.15) is 101 Å². The van der Waals surface area contributed by atoms with Crippen molar-refractivity contribution in [3.05, 3.63) is 0 Å². The molecule has 0 aliphatic rings. The molecule has 16 heteroatoms. The van der Waals surface area contributed by atoms with E-state index in [0.717, 1.165) is 0 Å². The first kappa shape index (κ1) is 45.2. The molecule has 0 aliphatic carbocycles. The standard InChI is InChI=1S/C33H61N7O9/c1-10-12-24(38-32(47)27(19(7)11-2)40-29(44)23(34)13-14-25(41)42)30(45)37-22(15-17(3)4)16-35-20(8)28(43)39-26(18(5)6)31(46)36-21(9)33(48)49/h17-24,26-27,35H,10-16,34H2,1-9H3,(H,36,46)(H,37,45)(H,38,47)(H,39,43)(H,40,44)(H,41,42)(H,48,49)/t19?,20-,21-,22-,23-,24-,26-,27-/m0/s1. The van der Waals surface area contributed by atoms with Gasteiger partial charge in [0.1, 0.15) is 24.2 Å². The second kappa shape index (κ2) is 22.8. The molecule has 0 bridgehead atoms. The Labute approximate surface area is 290 Å². The zero-order valence-electron chi connectivity index (χ0n) is 30.6. The van der Waals surface area contributed by atoms with Gasteiger partial charge in [-0.05, 0) is 50.9 Å². The highest BCUT2D eigenvalue weighted by Gasteiger charge is 2.32. The summed E-state index contributed by atoms with van der Waals surface area (Å²) in [5.74, 6) is -5.52. The molecule has 282 valence electrons. The fraction of sp³-hybridized carbons (Fsp3) is 0.788. The first-order valence-electron chi connectivity index (χ1n) is 17.2. The normalized spacial score (nSPS) is 16.2. The highest BCUT2D eigenvalue weighted by atomic mass is 16.4. The van der Waals surface area contributed by atoms with E-state index in [4.69, 9.17) is 15.9 Å². The number of carboxylic acids is 2. The Balaban J connectivity index is 5.64. The number of carbonyl (C=O) groups is 7. The number of rotatable bonds is 24. The second-order valence-corrected chi connectivity index (χ2v) is 13.5. The predicted octanol–water partition coefficient (Wildman–Crippen LogP) is 0.233. The molecular formula is C33H61N7O9. The fourth-order valence-electron chi connectivity index (χ4n) is 4.85. The molecular weight excluding hydrogens is 638 g/mol. The topological polar surface area (TPSA) is 258 Å². The summed E-state index contributed by atoms with van der Waals surface area (Å²) in [6, 6.07) is -6.34. The van der Waals surface area contributed by atoms with Crippen molar-refractivity contribution in [2.24, 2.45) is 23.5 Å². The maximum atomic E-state index is 13.5. The van der Waals surface area contributed by atoms with Gasteiger partial charge in [0.15, 0.2) is 0 Å². The Bertz CT molecular complexity index is 1120. The number of hydrogen-bond acceptors (Lipinski definition) is 9. The summed E-state index contributed by atoms with van der Waals surface area (Å²) >= 11 is 0. The number of carbonyl (C=O) groups excluding carboxylic acids is 5. The molecule has 0 rings (SSSR count). The van der Waals surface area contributed by atoms with Gasteiger partial charge in [-0.25, -0.2) is 0 Å². The average molecular weight is 700 g/mol. The van der Waals surface area contributed by atoms with Gasteiger partial charge in [-0.3, -0.25) is 33.6 Å². The number of nitrogens with one attached hydrogen (secondary N) is 6. The molecule has 0 spiro atoms. The van der Waals surface area contributed by atoms with Gasteiger partial charge in [-0.1, -0.05) is 61.3 Å². The number of aliphatic carboxylic acids is 2. The highest BCUT2D eigenvalue weighted by Crippen LogP contribution is 2.12. The molecule has 0 saturated heterocycles. The van der Waals surface area contributed by atoms with E-state index in [0.29, 0.717) is 25.7 Å². The molecule has 16 nitrogen and oxygen atoms in total. The number of carboxylic acid groups (broad SMARTS) is 2. The van der Waals surface area contributed by atoms with E-state index in [2.05, 4.69) is 31.9 Å². The largest absolute Gasteiger partial charge is 0.481 e. The molecule has 49 heavy (non-hydrogen) atoms. The number of nitrogens with two attached hydrogens (primary N) is 1. The molecule has 1 unspecified atom stereocenters. The van der Waals surface area contributed by atoms with Gasteiger partial charge in [0.25, 0.3) is 0 Å². The van der Waals surface area contributed by atoms with E-state index in [-0.39, 0.29) is 37.1 Å². The van der Waals surface area contributed by atoms with Crippen LogP contribution in [-0.2, 0) is 33.6 Å². The Morgan fingerprint density at radius 3 is 1.71 bits per heavy atom. The molecule has 0 aliphatic heterocycles. The summed E-state index contributed by atoms with van der Waals surface area (Å²) in [5, 5.41) is 34.6. The summed E-state index contributed by atoms with van der Waals surface area (Å²) in [4.78, 5) is 87.4. The van der Waals surface area contributed by atoms with Crippen molar-refractivity contribution in [2.75, 3.05) is 6.54 Å². The van der Waals surface area contributed by atoms with Crippen LogP contribution in [0.15, 0.2) is 0 Å². The third-order valence-corrected chi connectivity index (χ3v) is 8.15. The lowest BCUT2D eigenvalue weighted by molar-refractivity contribution is -0.142. The lowest BCUT2D eigenvalue weighted by atomic mass is 9.96. The minimum atomic E-state index is -1.20. The minimum absolute atomic E-state index is 0.0951. The maximum absolute atomic E-state index is 13.5. The predicted molar refractivity (Wildman–Crippen MR) is 184 cm³/mol. The van der Waals surface area contributed by atoms with Crippen LogP contribution in [0, 0.1) is 17.8 Å². The van der Waals surface area contributed by atoms with Crippen molar-refractivity contribution in [1.29, 1.82) is 0 Å². The van der Waals surface area contributed by atoms with Gasteiger partial charge in [-0.2, -0.15) is 0 Å². The van der Waals surface area contributed by atoms with Crippen molar-refractivity contribution in [2.45, 2.75) is 143 Å². The van der Waals surface area contributed by atoms with Crippen LogP contribution >= 0.6 is 0 Å². The average Bonchev–Trinajstić information content (AvgIpc) is 3.01. The van der Waals surface area contributed by atoms with Crippen LogP contribution in [-0.4, -0.2) is 101 Å². The molecule has 0 radical (unpaired) electrons. The van der Waals surface area contributed by atoms with E-state index in [1.54, 1.807) is 27.7 Å². The molecule has 0 fully saturated rings. The Morgan fingerprint density at radius 1 is 0.653 bits per heavy atom. The van der Waals surface area contributed by atoms with Crippen molar-refractivity contribution in [3.63, 3.8) is 0 Å². The molecule has 0 heterocycles. The van der Waals surface area contributed by atoms with Gasteiger partial charge >= 0.3 is 11.9 Å². The van der Waals surface area contributed by atoms with Crippen molar-refractivity contribution in [3.8, 4) is 0 Å². The number of hydrogen-bond donors (Lipinski definition) is 9. The summed E-state index contributed by atoms with van der Waals surface area (Å²) in [5.41, 5.74) is 5.85. The summed E-state index contributed by atoms with van der Waals surface area (Å²) in [7, 11) is 0. The first-order valence-corrected chi connectivity index (χ1v) is 17.2. The summed E-state index contributed by atoms with van der Waals surface area (Å²) in [6.45, 7) is 16.0. The summed E-state index contributed by atoms with van der Waals surface area (Å²) in [6.07, 6.45) is 1.57. The zero-order chi connectivity index (χ0) is 38.0. The first-order chi connectivity index (χ1) is 22.7. The van der Waals surface area contributed by atoms with Crippen molar-refractivity contribution >= 4 is 41.5 Å². The van der Waals surface area contributed by atoms with Crippen LogP contribution in [0.4, 0.5) is 0 Å². The van der Waals surface area contributed by atoms with Crippen LogP contribution in [0.5, 0.6) is 0 Å². The quantitative estimate of drug-likeness (QED) is 0.0659. The van der Waals surface area contributed by atoms with Gasteiger partial charge in [0.2, 0.25) is 29.5 Å². The molecule has 8 atom stereocenters. The zero-order valence-corrected chi connectivity index (χ0v) is 30.6. The molecule has 10 N–H and O–H groups in total. The highest BCUT2D eigenvalue weighted by molar-refractivity contribution is 5.94. The Hall–Kier alpha value is -3.79. The third kappa shape index (κ3) is 17.4. The van der Waals surface area contributed by atoms with Gasteiger partial charge < -0.3 is 47.8 Å². The van der Waals surface area contributed by atoms with Gasteiger partial charge in [0, 0.05) is 19.0 Å². The second-order valence-electron chi connectivity index (χ2n) is 13.5. The van der Waals surface area contributed by atoms with Crippen LogP contribution < -0.4 is 37.6 Å².